The topological polar surface area (TPSA) is 37.4 Å². The predicted octanol–water partition coefficient (Wildman–Crippen LogP) is 5.58. The standard InChI is InChI=1S/C22H28ClN3O/c1-4-12-26(2)13-6-5-11-24-22-18-9-7-16(23)14-21(18)25-20-10-8-17(27-3)15-19(20)22/h7-10,14-15H,4-6,11-13H2,1-3H3,(H,24,25). The number of ether oxygens (including phenoxy) is 1. The number of halogens is 1. The highest BCUT2D eigenvalue weighted by molar-refractivity contribution is 6.31. The second-order valence-electron chi connectivity index (χ2n) is 6.97. The summed E-state index contributed by atoms with van der Waals surface area (Å²) in [5, 5.41) is 6.51. The molecular weight excluding hydrogens is 358 g/mol. The van der Waals surface area contributed by atoms with Gasteiger partial charge in [0.05, 0.1) is 23.8 Å². The van der Waals surface area contributed by atoms with Crippen LogP contribution in [0.1, 0.15) is 26.2 Å². The molecule has 0 unspecified atom stereocenters. The number of aromatic nitrogens is 1. The molecule has 4 nitrogen and oxygen atoms in total. The van der Waals surface area contributed by atoms with Gasteiger partial charge in [0, 0.05) is 22.3 Å². The highest BCUT2D eigenvalue weighted by atomic mass is 35.5. The van der Waals surface area contributed by atoms with Crippen LogP contribution in [0.15, 0.2) is 36.4 Å². The molecule has 1 heterocycles. The number of nitrogens with zero attached hydrogens (tertiary/aromatic N) is 2. The van der Waals surface area contributed by atoms with E-state index in [1.165, 1.54) is 12.8 Å². The van der Waals surface area contributed by atoms with Gasteiger partial charge < -0.3 is 15.0 Å². The van der Waals surface area contributed by atoms with Crippen molar-refractivity contribution in [3.63, 3.8) is 0 Å². The molecule has 2 aromatic carbocycles. The molecule has 3 aromatic rings. The lowest BCUT2D eigenvalue weighted by molar-refractivity contribution is 0.328. The number of hydrogen-bond acceptors (Lipinski definition) is 4. The van der Waals surface area contributed by atoms with Gasteiger partial charge in [-0.1, -0.05) is 18.5 Å². The maximum atomic E-state index is 6.19. The fourth-order valence-electron chi connectivity index (χ4n) is 3.43. The van der Waals surface area contributed by atoms with Crippen molar-refractivity contribution in [1.82, 2.24) is 9.88 Å². The molecule has 0 fully saturated rings. The summed E-state index contributed by atoms with van der Waals surface area (Å²) in [6.07, 6.45) is 3.50. The van der Waals surface area contributed by atoms with E-state index in [2.05, 4.69) is 24.2 Å². The zero-order valence-corrected chi connectivity index (χ0v) is 17.1. The van der Waals surface area contributed by atoms with Crippen LogP contribution in [0.25, 0.3) is 21.8 Å². The van der Waals surface area contributed by atoms with Crippen molar-refractivity contribution in [1.29, 1.82) is 0 Å². The lowest BCUT2D eigenvalue weighted by atomic mass is 10.1. The van der Waals surface area contributed by atoms with E-state index in [9.17, 15) is 0 Å². The molecule has 0 saturated carbocycles. The van der Waals surface area contributed by atoms with Gasteiger partial charge in [0.1, 0.15) is 5.75 Å². The number of anilines is 1. The second kappa shape index (κ2) is 9.25. The van der Waals surface area contributed by atoms with Gasteiger partial charge in [-0.2, -0.15) is 0 Å². The van der Waals surface area contributed by atoms with Gasteiger partial charge >= 0.3 is 0 Å². The molecule has 0 aliphatic rings. The van der Waals surface area contributed by atoms with Crippen molar-refractivity contribution in [3.8, 4) is 5.75 Å². The van der Waals surface area contributed by atoms with Crippen LogP contribution in [0.4, 0.5) is 5.69 Å². The van der Waals surface area contributed by atoms with E-state index < -0.39 is 0 Å². The first kappa shape index (κ1) is 19.7. The maximum Gasteiger partial charge on any atom is 0.119 e. The lowest BCUT2D eigenvalue weighted by Crippen LogP contribution is -2.20. The van der Waals surface area contributed by atoms with Crippen LogP contribution in [0.5, 0.6) is 5.75 Å². The summed E-state index contributed by atoms with van der Waals surface area (Å²) >= 11 is 6.19. The van der Waals surface area contributed by atoms with Gasteiger partial charge in [-0.05, 0) is 75.8 Å². The van der Waals surface area contributed by atoms with Crippen molar-refractivity contribution >= 4 is 39.1 Å². The van der Waals surface area contributed by atoms with Gasteiger partial charge in [-0.25, -0.2) is 4.98 Å². The highest BCUT2D eigenvalue weighted by Crippen LogP contribution is 2.34. The number of methoxy groups -OCH3 is 1. The molecule has 0 aliphatic carbocycles. The van der Waals surface area contributed by atoms with Crippen LogP contribution in [-0.2, 0) is 0 Å². The van der Waals surface area contributed by atoms with Gasteiger partial charge in [0.25, 0.3) is 0 Å². The van der Waals surface area contributed by atoms with Crippen molar-refractivity contribution in [3.05, 3.63) is 41.4 Å². The summed E-state index contributed by atoms with van der Waals surface area (Å²) in [4.78, 5) is 7.17. The van der Waals surface area contributed by atoms with Gasteiger partial charge in [-0.3, -0.25) is 0 Å². The third-order valence-corrected chi connectivity index (χ3v) is 5.05. The summed E-state index contributed by atoms with van der Waals surface area (Å²) in [5.74, 6) is 0.835. The Balaban J connectivity index is 1.84. The normalized spacial score (nSPS) is 11.4. The van der Waals surface area contributed by atoms with E-state index in [4.69, 9.17) is 21.3 Å². The first-order valence-electron chi connectivity index (χ1n) is 9.61. The van der Waals surface area contributed by atoms with Gasteiger partial charge in [0.15, 0.2) is 0 Å². The summed E-state index contributed by atoms with van der Waals surface area (Å²) in [7, 11) is 3.88. The fourth-order valence-corrected chi connectivity index (χ4v) is 3.59. The Morgan fingerprint density at radius 2 is 1.89 bits per heavy atom. The molecule has 0 spiro atoms. The molecule has 27 heavy (non-hydrogen) atoms. The van der Waals surface area contributed by atoms with E-state index >= 15 is 0 Å². The van der Waals surface area contributed by atoms with E-state index in [0.29, 0.717) is 5.02 Å². The van der Waals surface area contributed by atoms with Gasteiger partial charge in [-0.15, -0.1) is 0 Å². The predicted molar refractivity (Wildman–Crippen MR) is 116 cm³/mol. The van der Waals surface area contributed by atoms with Crippen LogP contribution in [0, 0.1) is 0 Å². The molecule has 0 amide bonds. The summed E-state index contributed by atoms with van der Waals surface area (Å²) < 4.78 is 5.42. The third kappa shape index (κ3) is 4.82. The fraction of sp³-hybridized carbons (Fsp3) is 0.409. The number of pyridine rings is 1. The summed E-state index contributed by atoms with van der Waals surface area (Å²) in [6, 6.07) is 11.9. The van der Waals surface area contributed by atoms with Crippen molar-refractivity contribution < 1.29 is 4.74 Å². The quantitative estimate of drug-likeness (QED) is 0.385. The number of unbranched alkanes of at least 4 members (excludes halogenated alkanes) is 1. The Morgan fingerprint density at radius 1 is 1.04 bits per heavy atom. The van der Waals surface area contributed by atoms with E-state index in [-0.39, 0.29) is 0 Å². The van der Waals surface area contributed by atoms with Crippen LogP contribution in [0.3, 0.4) is 0 Å². The Morgan fingerprint density at radius 3 is 2.67 bits per heavy atom. The average Bonchev–Trinajstić information content (AvgIpc) is 2.66. The molecule has 0 aliphatic heterocycles. The zero-order chi connectivity index (χ0) is 19.2. The van der Waals surface area contributed by atoms with Crippen LogP contribution < -0.4 is 10.1 Å². The molecule has 0 atom stereocenters. The number of nitrogens with one attached hydrogen (secondary N) is 1. The molecule has 1 N–H and O–H groups in total. The second-order valence-corrected chi connectivity index (χ2v) is 7.40. The Kier molecular flexibility index (Phi) is 6.75. The van der Waals surface area contributed by atoms with E-state index in [0.717, 1.165) is 59.3 Å². The molecular formula is C22H28ClN3O. The Hall–Kier alpha value is -2.04. The summed E-state index contributed by atoms with van der Waals surface area (Å²) in [6.45, 7) is 5.44. The smallest absolute Gasteiger partial charge is 0.119 e. The average molecular weight is 386 g/mol. The molecule has 0 bridgehead atoms. The van der Waals surface area contributed by atoms with Crippen molar-refractivity contribution in [2.24, 2.45) is 0 Å². The summed E-state index contributed by atoms with van der Waals surface area (Å²) in [5.41, 5.74) is 2.95. The van der Waals surface area contributed by atoms with Gasteiger partial charge in [0.2, 0.25) is 0 Å². The monoisotopic (exact) mass is 385 g/mol. The number of benzene rings is 2. The zero-order valence-electron chi connectivity index (χ0n) is 16.4. The first-order chi connectivity index (χ1) is 13.1. The number of rotatable bonds is 9. The molecule has 5 heteroatoms. The van der Waals surface area contributed by atoms with E-state index in [1.54, 1.807) is 7.11 Å². The molecule has 0 saturated heterocycles. The Labute approximate surface area is 166 Å². The van der Waals surface area contributed by atoms with Crippen LogP contribution in [-0.4, -0.2) is 43.7 Å². The van der Waals surface area contributed by atoms with E-state index in [1.807, 2.05) is 36.4 Å². The molecule has 144 valence electrons. The lowest BCUT2D eigenvalue weighted by Gasteiger charge is -2.16. The molecule has 1 aromatic heterocycles. The van der Waals surface area contributed by atoms with Crippen molar-refractivity contribution in [2.75, 3.05) is 39.1 Å². The van der Waals surface area contributed by atoms with Crippen LogP contribution in [0.2, 0.25) is 5.02 Å². The third-order valence-electron chi connectivity index (χ3n) is 4.82. The van der Waals surface area contributed by atoms with Crippen LogP contribution >= 0.6 is 11.6 Å². The molecule has 3 rings (SSSR count). The molecule has 0 radical (unpaired) electrons. The first-order valence-corrected chi connectivity index (χ1v) is 9.99. The number of hydrogen-bond donors (Lipinski definition) is 1. The SMILES string of the molecule is CCCN(C)CCCCNc1c2ccc(Cl)cc2nc2ccc(OC)cc12. The largest absolute Gasteiger partial charge is 0.497 e. The van der Waals surface area contributed by atoms with Crippen molar-refractivity contribution in [2.45, 2.75) is 26.2 Å². The minimum absolute atomic E-state index is 0.702. The number of fused-ring (bicyclic) bond motifs is 2. The minimum Gasteiger partial charge on any atom is -0.497 e. The Bertz CT molecular complexity index is 913. The maximum absolute atomic E-state index is 6.19. The highest BCUT2D eigenvalue weighted by Gasteiger charge is 2.10. The minimum atomic E-state index is 0.702.